The molecule has 0 amide bonds. The summed E-state index contributed by atoms with van der Waals surface area (Å²) in [5.41, 5.74) is 20.9. The number of H-pyrrole nitrogens is 2. The lowest BCUT2D eigenvalue weighted by atomic mass is 9.93. The number of aliphatic carboxylic acids is 1. The van der Waals surface area contributed by atoms with Crippen LogP contribution in [0.1, 0.15) is 62.5 Å². The molecule has 5 aromatic rings. The standard InChI is InChI=1S/C36H40N6O2.C2HF3O2/c37-35(39-27-9-13-29(43)14-10-27)25-7-5-23-17-31(41-33(23)19-25)21-1-2-22(4-3-21)32-18-24-6-8-26(20-34(24)42-32)36(38)40-28-11-15-30(44)16-12-28;3-2(4,5)1(6)7/h1-8,17-20,27-30,41-44H,9-16H2,(H2,37,39)(H2,38,40);(H,6,7). The molecule has 9 N–H and O–H groups in total. The molecule has 0 saturated heterocycles. The second-order valence-corrected chi connectivity index (χ2v) is 13.3. The Bertz CT molecular complexity index is 1920. The van der Waals surface area contributed by atoms with E-state index in [1.54, 1.807) is 0 Å². The number of alkyl halides is 3. The van der Waals surface area contributed by atoms with Crippen molar-refractivity contribution in [3.63, 3.8) is 0 Å². The van der Waals surface area contributed by atoms with Gasteiger partial charge in [0, 0.05) is 44.3 Å². The van der Waals surface area contributed by atoms with Gasteiger partial charge in [-0.15, -0.1) is 0 Å². The Morgan fingerprint density at radius 3 is 1.31 bits per heavy atom. The van der Waals surface area contributed by atoms with Crippen molar-refractivity contribution >= 4 is 39.4 Å². The van der Waals surface area contributed by atoms with Gasteiger partial charge in [-0.25, -0.2) is 4.79 Å². The fourth-order valence-electron chi connectivity index (χ4n) is 6.63. The van der Waals surface area contributed by atoms with Crippen molar-refractivity contribution in [3.8, 4) is 22.5 Å². The molecule has 0 spiro atoms. The summed E-state index contributed by atoms with van der Waals surface area (Å²) in [4.78, 5) is 25.5. The number of carbonyl (C=O) groups is 1. The smallest absolute Gasteiger partial charge is 0.475 e. The summed E-state index contributed by atoms with van der Waals surface area (Å²) < 4.78 is 31.7. The molecule has 13 heteroatoms. The third-order valence-corrected chi connectivity index (χ3v) is 9.56. The molecule has 2 fully saturated rings. The number of hydrogen-bond acceptors (Lipinski definition) is 5. The monoisotopic (exact) mass is 702 g/mol. The van der Waals surface area contributed by atoms with Crippen molar-refractivity contribution in [1.29, 1.82) is 0 Å². The molecule has 0 bridgehead atoms. The SMILES string of the molecule is NC(=NC1CCC(O)CC1)c1ccc2cc(-c3ccc(-c4cc5ccc(C(N)=NC6CCC(O)CC6)cc5[nH]4)cc3)[nH]c2c1.O=C(O)C(F)(F)F. The summed E-state index contributed by atoms with van der Waals surface area (Å²) in [6.07, 6.45) is 1.19. The molecule has 51 heavy (non-hydrogen) atoms. The molecule has 2 saturated carbocycles. The van der Waals surface area contributed by atoms with E-state index in [1.165, 1.54) is 0 Å². The molecule has 2 heterocycles. The molecule has 0 atom stereocenters. The highest BCUT2D eigenvalue weighted by molar-refractivity contribution is 6.02. The first-order valence-electron chi connectivity index (χ1n) is 17.0. The lowest BCUT2D eigenvalue weighted by Crippen LogP contribution is -2.24. The van der Waals surface area contributed by atoms with E-state index in [-0.39, 0.29) is 24.3 Å². The van der Waals surface area contributed by atoms with Gasteiger partial charge >= 0.3 is 12.1 Å². The van der Waals surface area contributed by atoms with E-state index >= 15 is 0 Å². The zero-order valence-corrected chi connectivity index (χ0v) is 27.8. The number of carboxylic acid groups (broad SMARTS) is 1. The van der Waals surface area contributed by atoms with E-state index in [0.717, 1.165) is 107 Å². The molecule has 0 aliphatic heterocycles. The summed E-state index contributed by atoms with van der Waals surface area (Å²) in [5.74, 6) is -1.65. The van der Waals surface area contributed by atoms with E-state index in [4.69, 9.17) is 31.4 Å². The number of nitrogens with one attached hydrogen (secondary N) is 2. The first-order chi connectivity index (χ1) is 24.3. The Labute approximate surface area is 292 Å². The zero-order chi connectivity index (χ0) is 36.3. The van der Waals surface area contributed by atoms with Gasteiger partial charge in [-0.2, -0.15) is 13.2 Å². The van der Waals surface area contributed by atoms with Gasteiger partial charge in [0.25, 0.3) is 0 Å². The van der Waals surface area contributed by atoms with Crippen LogP contribution in [0.25, 0.3) is 44.3 Å². The number of aromatic amines is 2. The van der Waals surface area contributed by atoms with Crippen molar-refractivity contribution in [2.24, 2.45) is 21.5 Å². The molecule has 10 nitrogen and oxygen atoms in total. The van der Waals surface area contributed by atoms with Crippen LogP contribution in [0.15, 0.2) is 82.8 Å². The van der Waals surface area contributed by atoms with Crippen molar-refractivity contribution in [3.05, 3.63) is 83.9 Å². The Hall–Kier alpha value is -5.14. The fraction of sp³-hybridized carbons (Fsp3) is 0.342. The number of aliphatic hydroxyl groups excluding tert-OH is 2. The second-order valence-electron chi connectivity index (χ2n) is 13.3. The zero-order valence-electron chi connectivity index (χ0n) is 27.8. The topological polar surface area (TPSA) is 186 Å². The largest absolute Gasteiger partial charge is 0.490 e. The van der Waals surface area contributed by atoms with Crippen LogP contribution in [0.2, 0.25) is 0 Å². The van der Waals surface area contributed by atoms with Gasteiger partial charge in [-0.1, -0.05) is 48.5 Å². The van der Waals surface area contributed by atoms with Crippen LogP contribution in [0.3, 0.4) is 0 Å². The second kappa shape index (κ2) is 15.0. The number of benzene rings is 3. The Balaban J connectivity index is 0.000000582. The Morgan fingerprint density at radius 2 is 0.980 bits per heavy atom. The van der Waals surface area contributed by atoms with Crippen molar-refractivity contribution in [1.82, 2.24) is 9.97 Å². The van der Waals surface area contributed by atoms with E-state index in [9.17, 15) is 23.4 Å². The number of amidine groups is 2. The molecule has 7 rings (SSSR count). The number of nitrogens with zero attached hydrogens (tertiary/aromatic N) is 2. The number of fused-ring (bicyclic) bond motifs is 2. The maximum Gasteiger partial charge on any atom is 0.490 e. The van der Waals surface area contributed by atoms with Crippen molar-refractivity contribution in [2.45, 2.75) is 81.8 Å². The third-order valence-electron chi connectivity index (χ3n) is 9.56. The van der Waals surface area contributed by atoms with Crippen LogP contribution >= 0.6 is 0 Å². The van der Waals surface area contributed by atoms with E-state index in [2.05, 4.69) is 70.6 Å². The van der Waals surface area contributed by atoms with Gasteiger partial charge in [0.1, 0.15) is 11.7 Å². The number of aromatic nitrogens is 2. The minimum Gasteiger partial charge on any atom is -0.475 e. The average molecular weight is 703 g/mol. The van der Waals surface area contributed by atoms with Gasteiger partial charge in [0.2, 0.25) is 0 Å². The number of nitrogens with two attached hydrogens (primary N) is 2. The van der Waals surface area contributed by atoms with Gasteiger partial charge < -0.3 is 36.8 Å². The maximum atomic E-state index is 10.6. The van der Waals surface area contributed by atoms with Crippen LogP contribution in [0.4, 0.5) is 13.2 Å². The summed E-state index contributed by atoms with van der Waals surface area (Å²) in [6.45, 7) is 0. The number of halogens is 3. The predicted octanol–water partition coefficient (Wildman–Crippen LogP) is 6.63. The highest BCUT2D eigenvalue weighted by Gasteiger charge is 2.38. The Morgan fingerprint density at radius 1 is 0.627 bits per heavy atom. The lowest BCUT2D eigenvalue weighted by Gasteiger charge is -2.22. The fourth-order valence-corrected chi connectivity index (χ4v) is 6.63. The van der Waals surface area contributed by atoms with Crippen LogP contribution in [0, 0.1) is 0 Å². The normalized spacial score (nSPS) is 21.7. The molecule has 2 aliphatic carbocycles. The lowest BCUT2D eigenvalue weighted by molar-refractivity contribution is -0.192. The minimum atomic E-state index is -5.08. The Kier molecular flexibility index (Phi) is 10.5. The molecule has 3 aromatic carbocycles. The summed E-state index contributed by atoms with van der Waals surface area (Å²) in [6, 6.07) is 25.6. The first kappa shape index (κ1) is 35.7. The molecular formula is C38H41F3N6O4. The van der Waals surface area contributed by atoms with Gasteiger partial charge in [0.05, 0.1) is 24.3 Å². The number of rotatable bonds is 6. The molecule has 2 aromatic heterocycles. The molecular weight excluding hydrogens is 661 g/mol. The van der Waals surface area contributed by atoms with Crippen LogP contribution in [-0.4, -0.2) is 73.4 Å². The predicted molar refractivity (Wildman–Crippen MR) is 193 cm³/mol. The molecule has 0 radical (unpaired) electrons. The average Bonchev–Trinajstić information content (AvgIpc) is 3.74. The van der Waals surface area contributed by atoms with Gasteiger partial charge in [0.15, 0.2) is 0 Å². The number of carboxylic acids is 1. The van der Waals surface area contributed by atoms with Gasteiger partial charge in [-0.3, -0.25) is 9.98 Å². The van der Waals surface area contributed by atoms with Gasteiger partial charge in [-0.05, 0) is 86.8 Å². The van der Waals surface area contributed by atoms with Crippen LogP contribution in [0.5, 0.6) is 0 Å². The molecule has 2 aliphatic rings. The molecule has 0 unspecified atom stereocenters. The quantitative estimate of drug-likeness (QED) is 0.0768. The van der Waals surface area contributed by atoms with E-state index in [0.29, 0.717) is 11.7 Å². The van der Waals surface area contributed by atoms with Crippen LogP contribution < -0.4 is 11.5 Å². The van der Waals surface area contributed by atoms with E-state index in [1.807, 2.05) is 12.1 Å². The summed E-state index contributed by atoms with van der Waals surface area (Å²) >= 11 is 0. The molecule has 268 valence electrons. The summed E-state index contributed by atoms with van der Waals surface area (Å²) in [5, 5.41) is 28.9. The van der Waals surface area contributed by atoms with Crippen molar-refractivity contribution < 1.29 is 33.3 Å². The van der Waals surface area contributed by atoms with E-state index < -0.39 is 12.1 Å². The highest BCUT2D eigenvalue weighted by atomic mass is 19.4. The highest BCUT2D eigenvalue weighted by Crippen LogP contribution is 2.30. The number of aliphatic imine (C=N–C) groups is 2. The van der Waals surface area contributed by atoms with Crippen LogP contribution in [-0.2, 0) is 4.79 Å². The number of aliphatic hydroxyl groups is 2. The minimum absolute atomic E-state index is 0.181. The summed E-state index contributed by atoms with van der Waals surface area (Å²) in [7, 11) is 0. The third kappa shape index (κ3) is 8.78. The number of hydrogen-bond donors (Lipinski definition) is 7. The van der Waals surface area contributed by atoms with Crippen molar-refractivity contribution in [2.75, 3.05) is 0 Å². The maximum absolute atomic E-state index is 10.6. The first-order valence-corrected chi connectivity index (χ1v) is 17.0.